The van der Waals surface area contributed by atoms with E-state index in [0.29, 0.717) is 11.7 Å². The van der Waals surface area contributed by atoms with Gasteiger partial charge in [0.25, 0.3) is 0 Å². The van der Waals surface area contributed by atoms with Gasteiger partial charge in [-0.3, -0.25) is 0 Å². The van der Waals surface area contributed by atoms with Crippen LogP contribution >= 0.6 is 11.8 Å². The Kier molecular flexibility index (Phi) is 2.90. The van der Waals surface area contributed by atoms with E-state index in [1.54, 1.807) is 11.8 Å². The largest absolute Gasteiger partial charge is 0.338 e. The van der Waals surface area contributed by atoms with Gasteiger partial charge in [-0.1, -0.05) is 5.16 Å². The van der Waals surface area contributed by atoms with Gasteiger partial charge in [0.15, 0.2) is 5.82 Å². The summed E-state index contributed by atoms with van der Waals surface area (Å²) in [6.45, 7) is 1.82. The van der Waals surface area contributed by atoms with E-state index in [2.05, 4.69) is 10.1 Å². The molecule has 0 aromatic carbocycles. The summed E-state index contributed by atoms with van der Waals surface area (Å²) in [6.07, 6.45) is 1.99. The van der Waals surface area contributed by atoms with Crippen molar-refractivity contribution in [2.24, 2.45) is 5.73 Å². The van der Waals surface area contributed by atoms with E-state index in [1.807, 2.05) is 13.2 Å². The Balaban J connectivity index is 2.66. The Morgan fingerprint density at radius 1 is 1.73 bits per heavy atom. The molecule has 0 radical (unpaired) electrons. The van der Waals surface area contributed by atoms with Crippen LogP contribution < -0.4 is 5.73 Å². The topological polar surface area (TPSA) is 64.9 Å². The zero-order chi connectivity index (χ0) is 8.27. The van der Waals surface area contributed by atoms with E-state index in [1.165, 1.54) is 0 Å². The van der Waals surface area contributed by atoms with Crippen molar-refractivity contribution in [2.45, 2.75) is 18.7 Å². The fourth-order valence-electron chi connectivity index (χ4n) is 0.640. The highest BCUT2D eigenvalue weighted by atomic mass is 32.2. The fraction of sp³-hybridized carbons (Fsp3) is 0.667. The van der Waals surface area contributed by atoms with Gasteiger partial charge in [0.2, 0.25) is 5.89 Å². The number of hydrogen-bond acceptors (Lipinski definition) is 5. The number of rotatable bonds is 3. The molecular weight excluding hydrogens is 162 g/mol. The fourth-order valence-corrected chi connectivity index (χ4v) is 1.02. The lowest BCUT2D eigenvalue weighted by molar-refractivity contribution is 0.358. The van der Waals surface area contributed by atoms with Gasteiger partial charge in [0.1, 0.15) is 0 Å². The number of hydrogen-bond donors (Lipinski definition) is 1. The van der Waals surface area contributed by atoms with Crippen LogP contribution in [0.25, 0.3) is 0 Å². The predicted molar refractivity (Wildman–Crippen MR) is 44.1 cm³/mol. The summed E-state index contributed by atoms with van der Waals surface area (Å²) in [6, 6.07) is -0.168. The molecule has 2 N–H and O–H groups in total. The van der Waals surface area contributed by atoms with Crippen LogP contribution in [0.2, 0.25) is 0 Å². The van der Waals surface area contributed by atoms with Gasteiger partial charge in [-0.15, -0.1) is 0 Å². The predicted octanol–water partition coefficient (Wildman–Crippen LogP) is 0.952. The van der Waals surface area contributed by atoms with Crippen LogP contribution in [0.4, 0.5) is 0 Å². The van der Waals surface area contributed by atoms with Crippen molar-refractivity contribution in [3.8, 4) is 0 Å². The average molecular weight is 173 g/mol. The summed E-state index contributed by atoms with van der Waals surface area (Å²) >= 11 is 1.65. The second-order valence-corrected chi connectivity index (χ2v) is 3.14. The maximum absolute atomic E-state index is 5.52. The van der Waals surface area contributed by atoms with Gasteiger partial charge < -0.3 is 10.3 Å². The molecule has 1 heterocycles. The monoisotopic (exact) mass is 173 g/mol. The highest BCUT2D eigenvalue weighted by molar-refractivity contribution is 7.97. The summed E-state index contributed by atoms with van der Waals surface area (Å²) in [5, 5.41) is 3.74. The molecule has 0 aliphatic carbocycles. The highest BCUT2D eigenvalue weighted by Gasteiger charge is 2.08. The zero-order valence-corrected chi connectivity index (χ0v) is 7.39. The van der Waals surface area contributed by atoms with Gasteiger partial charge in [0.05, 0.1) is 11.8 Å². The molecule has 0 spiro atoms. The second-order valence-electron chi connectivity index (χ2n) is 2.27. The van der Waals surface area contributed by atoms with Gasteiger partial charge in [-0.05, 0) is 13.2 Å². The maximum Gasteiger partial charge on any atom is 0.243 e. The second kappa shape index (κ2) is 3.73. The Bertz CT molecular complexity index is 223. The molecule has 1 rings (SSSR count). The van der Waals surface area contributed by atoms with E-state index in [4.69, 9.17) is 10.3 Å². The van der Waals surface area contributed by atoms with E-state index < -0.39 is 0 Å². The number of thioether (sulfide) groups is 1. The van der Waals surface area contributed by atoms with Crippen LogP contribution in [0, 0.1) is 0 Å². The van der Waals surface area contributed by atoms with Crippen molar-refractivity contribution < 1.29 is 4.52 Å². The van der Waals surface area contributed by atoms with Crippen LogP contribution in [0.3, 0.4) is 0 Å². The Morgan fingerprint density at radius 3 is 2.91 bits per heavy atom. The molecule has 5 heteroatoms. The third-order valence-corrected chi connectivity index (χ3v) is 1.69. The van der Waals surface area contributed by atoms with Crippen molar-refractivity contribution in [1.29, 1.82) is 0 Å². The number of nitrogens with two attached hydrogens (primary N) is 1. The van der Waals surface area contributed by atoms with E-state index >= 15 is 0 Å². The summed E-state index contributed by atoms with van der Waals surface area (Å²) < 4.78 is 4.88. The molecule has 0 aliphatic heterocycles. The minimum atomic E-state index is -0.168. The molecule has 0 saturated carbocycles. The lowest BCUT2D eigenvalue weighted by atomic mass is 10.4. The highest BCUT2D eigenvalue weighted by Crippen LogP contribution is 2.09. The van der Waals surface area contributed by atoms with Crippen molar-refractivity contribution in [3.05, 3.63) is 11.7 Å². The standard InChI is InChI=1S/C6H11N3OS/c1-4(7)6-8-5(3-11-2)9-10-6/h4H,3,7H2,1-2H3/t4-/m0/s1. The molecule has 1 atom stereocenters. The van der Waals surface area contributed by atoms with Crippen molar-refractivity contribution in [1.82, 2.24) is 10.1 Å². The molecule has 0 fully saturated rings. The smallest absolute Gasteiger partial charge is 0.243 e. The van der Waals surface area contributed by atoms with Crippen LogP contribution in [0.1, 0.15) is 24.7 Å². The normalized spacial score (nSPS) is 13.4. The molecule has 0 unspecified atom stereocenters. The lowest BCUT2D eigenvalue weighted by Crippen LogP contribution is -2.05. The first-order valence-electron chi connectivity index (χ1n) is 3.31. The molecule has 0 amide bonds. The van der Waals surface area contributed by atoms with E-state index in [9.17, 15) is 0 Å². The van der Waals surface area contributed by atoms with Crippen molar-refractivity contribution >= 4 is 11.8 Å². The first-order valence-corrected chi connectivity index (χ1v) is 4.70. The van der Waals surface area contributed by atoms with Gasteiger partial charge in [0, 0.05) is 0 Å². The average Bonchev–Trinajstić information content (AvgIpc) is 2.37. The molecule has 1 aromatic rings. The Labute approximate surface area is 69.5 Å². The third-order valence-electron chi connectivity index (χ3n) is 1.15. The van der Waals surface area contributed by atoms with Crippen molar-refractivity contribution in [3.63, 3.8) is 0 Å². The van der Waals surface area contributed by atoms with Gasteiger partial charge >= 0.3 is 0 Å². The maximum atomic E-state index is 5.52. The summed E-state index contributed by atoms with van der Waals surface area (Å²) in [5.74, 6) is 2.00. The molecule has 0 saturated heterocycles. The SMILES string of the molecule is CSCc1noc([C@H](C)N)n1. The lowest BCUT2D eigenvalue weighted by Gasteiger charge is -1.92. The van der Waals surface area contributed by atoms with Crippen LogP contribution in [-0.2, 0) is 5.75 Å². The van der Waals surface area contributed by atoms with E-state index in [0.717, 1.165) is 5.75 Å². The third kappa shape index (κ3) is 2.20. The molecule has 0 bridgehead atoms. The number of nitrogens with zero attached hydrogens (tertiary/aromatic N) is 2. The quantitative estimate of drug-likeness (QED) is 0.737. The molecule has 11 heavy (non-hydrogen) atoms. The molecule has 4 nitrogen and oxygen atoms in total. The summed E-state index contributed by atoms with van der Waals surface area (Å²) in [7, 11) is 0. The van der Waals surface area contributed by atoms with E-state index in [-0.39, 0.29) is 6.04 Å². The molecular formula is C6H11N3OS. The van der Waals surface area contributed by atoms with Crippen LogP contribution in [0.15, 0.2) is 4.52 Å². The van der Waals surface area contributed by atoms with Gasteiger partial charge in [-0.25, -0.2) is 0 Å². The minimum Gasteiger partial charge on any atom is -0.338 e. The number of aromatic nitrogens is 2. The van der Waals surface area contributed by atoms with Crippen LogP contribution in [-0.4, -0.2) is 16.4 Å². The summed E-state index contributed by atoms with van der Waals surface area (Å²) in [4.78, 5) is 4.08. The first-order chi connectivity index (χ1) is 5.24. The molecule has 1 aromatic heterocycles. The minimum absolute atomic E-state index is 0.168. The Hall–Kier alpha value is -0.550. The molecule has 0 aliphatic rings. The van der Waals surface area contributed by atoms with Gasteiger partial charge in [-0.2, -0.15) is 16.7 Å². The van der Waals surface area contributed by atoms with Crippen molar-refractivity contribution in [2.75, 3.05) is 6.26 Å². The Morgan fingerprint density at radius 2 is 2.45 bits per heavy atom. The summed E-state index contributed by atoms with van der Waals surface area (Å²) in [5.41, 5.74) is 5.52. The van der Waals surface area contributed by atoms with Crippen LogP contribution in [0.5, 0.6) is 0 Å². The zero-order valence-electron chi connectivity index (χ0n) is 6.57. The molecule has 62 valence electrons. The first kappa shape index (κ1) is 8.55.